The van der Waals surface area contributed by atoms with E-state index in [0.29, 0.717) is 11.1 Å². The van der Waals surface area contributed by atoms with Gasteiger partial charge in [-0.2, -0.15) is 0 Å². The molecule has 0 saturated heterocycles. The minimum Gasteiger partial charge on any atom is -0.507 e. The van der Waals surface area contributed by atoms with Gasteiger partial charge in [0.05, 0.1) is 23.4 Å². The van der Waals surface area contributed by atoms with Crippen LogP contribution in [0, 0.1) is 30.6 Å². The molecule has 4 rings (SSSR count). The predicted octanol–water partition coefficient (Wildman–Crippen LogP) is -0.332. The van der Waals surface area contributed by atoms with E-state index in [1.165, 1.54) is 32.0 Å². The number of benzene rings is 1. The quantitative estimate of drug-likeness (QED) is 0.355. The molecule has 8 atom stereocenters. The summed E-state index contributed by atoms with van der Waals surface area (Å²) in [5.74, 6) is -14.0. The van der Waals surface area contributed by atoms with E-state index in [1.54, 1.807) is 19.9 Å². The Labute approximate surface area is 212 Å². The minimum atomic E-state index is -3.02. The molecule has 0 aromatic heterocycles. The van der Waals surface area contributed by atoms with Crippen LogP contribution in [-0.4, -0.2) is 82.0 Å². The summed E-state index contributed by atoms with van der Waals surface area (Å²) in [5.41, 5.74) is 3.32. The van der Waals surface area contributed by atoms with Crippen LogP contribution < -0.4 is 5.73 Å². The molecule has 3 aliphatic rings. The molecule has 0 aliphatic heterocycles. The van der Waals surface area contributed by atoms with E-state index in [-0.39, 0.29) is 17.7 Å². The first-order valence-corrected chi connectivity index (χ1v) is 12.1. The zero-order valence-corrected chi connectivity index (χ0v) is 21.2. The van der Waals surface area contributed by atoms with Gasteiger partial charge < -0.3 is 20.7 Å². The average molecular weight is 515 g/mol. The second kappa shape index (κ2) is 8.84. The first kappa shape index (κ1) is 26.6. The van der Waals surface area contributed by atoms with Gasteiger partial charge in [0.2, 0.25) is 5.91 Å². The second-order valence-electron chi connectivity index (χ2n) is 10.4. The van der Waals surface area contributed by atoms with Crippen molar-refractivity contribution in [2.45, 2.75) is 50.9 Å². The Balaban J connectivity index is 2.05. The summed E-state index contributed by atoms with van der Waals surface area (Å²) >= 11 is 0. The second-order valence-corrected chi connectivity index (χ2v) is 10.4. The Morgan fingerprint density at radius 2 is 1.76 bits per heavy atom. The molecule has 198 valence electrons. The van der Waals surface area contributed by atoms with E-state index in [0.717, 1.165) is 0 Å². The maximum Gasteiger partial charge on any atom is 0.305 e. The summed E-state index contributed by atoms with van der Waals surface area (Å²) < 4.78 is 5.76. The van der Waals surface area contributed by atoms with E-state index in [4.69, 9.17) is 10.5 Å². The van der Waals surface area contributed by atoms with E-state index < -0.39 is 82.3 Å². The van der Waals surface area contributed by atoms with Gasteiger partial charge in [0.1, 0.15) is 11.9 Å². The highest BCUT2D eigenvalue weighted by atomic mass is 16.5. The number of aryl methyl sites for hydroxylation is 1. The van der Waals surface area contributed by atoms with Crippen LogP contribution in [0.3, 0.4) is 0 Å². The van der Waals surface area contributed by atoms with Crippen molar-refractivity contribution >= 4 is 35.0 Å². The molecule has 37 heavy (non-hydrogen) atoms. The van der Waals surface area contributed by atoms with Crippen molar-refractivity contribution in [3.8, 4) is 5.75 Å². The summed E-state index contributed by atoms with van der Waals surface area (Å²) in [7, 11) is 2.91. The largest absolute Gasteiger partial charge is 0.507 e. The first-order valence-electron chi connectivity index (χ1n) is 12.1. The number of amides is 1. The highest BCUT2D eigenvalue weighted by molar-refractivity contribution is 6.32. The van der Waals surface area contributed by atoms with Crippen molar-refractivity contribution in [3.63, 3.8) is 0 Å². The van der Waals surface area contributed by atoms with Crippen LogP contribution in [0.1, 0.15) is 47.7 Å². The highest BCUT2D eigenvalue weighted by Gasteiger charge is 2.74. The number of rotatable bonds is 4. The fourth-order valence-electron chi connectivity index (χ4n) is 6.64. The van der Waals surface area contributed by atoms with Crippen LogP contribution >= 0.6 is 0 Å². The molecule has 8 unspecified atom stereocenters. The molecule has 0 heterocycles. The summed E-state index contributed by atoms with van der Waals surface area (Å²) in [6, 6.07) is 1.52. The Morgan fingerprint density at radius 3 is 2.30 bits per heavy atom. The molecule has 0 spiro atoms. The molecular formula is C26H30N2O9. The molecule has 3 aliphatic carbocycles. The van der Waals surface area contributed by atoms with Gasteiger partial charge in [0, 0.05) is 12.3 Å². The molecular weight excluding hydrogens is 484 g/mol. The number of ketones is 4. The zero-order chi connectivity index (χ0) is 27.7. The van der Waals surface area contributed by atoms with Crippen molar-refractivity contribution in [3.05, 3.63) is 28.8 Å². The Kier molecular flexibility index (Phi) is 6.36. The van der Waals surface area contributed by atoms with Gasteiger partial charge in [-0.25, -0.2) is 0 Å². The predicted molar refractivity (Wildman–Crippen MR) is 126 cm³/mol. The summed E-state index contributed by atoms with van der Waals surface area (Å²) in [6.07, 6.45) is -1.52. The topological polar surface area (TPSA) is 181 Å². The summed E-state index contributed by atoms with van der Waals surface area (Å²) in [5, 5.41) is 22.4. The number of hydrogen-bond acceptors (Lipinski definition) is 10. The minimum absolute atomic E-state index is 0.0931. The van der Waals surface area contributed by atoms with Crippen LogP contribution in [0.15, 0.2) is 12.1 Å². The van der Waals surface area contributed by atoms with Gasteiger partial charge in [0.15, 0.2) is 34.7 Å². The number of ether oxygens (including phenoxy) is 1. The lowest BCUT2D eigenvalue weighted by Gasteiger charge is -2.56. The lowest BCUT2D eigenvalue weighted by molar-refractivity contribution is -0.205. The van der Waals surface area contributed by atoms with Crippen molar-refractivity contribution in [1.29, 1.82) is 0 Å². The van der Waals surface area contributed by atoms with Gasteiger partial charge in [-0.1, -0.05) is 19.9 Å². The number of hydrogen-bond donors (Lipinski definition) is 3. The van der Waals surface area contributed by atoms with Gasteiger partial charge in [0.25, 0.3) is 0 Å². The molecule has 11 heteroatoms. The fraction of sp³-hybridized carbons (Fsp3) is 0.538. The Hall–Kier alpha value is -3.44. The SMILES string of the molecule is CCC(=O)OC1C2C(C(=O)c3c(O)ccc(C)c3C2C)C(=O)C2(O)C(=O)C(C(N)=O)C(=O)C(N(C)C)C12. The number of phenolic OH excluding ortho intramolecular Hbond substituents is 1. The Morgan fingerprint density at radius 1 is 1.14 bits per heavy atom. The first-order chi connectivity index (χ1) is 17.2. The number of nitrogens with zero attached hydrogens (tertiary/aromatic N) is 1. The standard InChI is InChI=1S/C26H30N2O9/c1-6-12(30)37-22-14-10(3)13-9(2)7-8-11(29)15(13)20(31)16(14)23(33)26(36)18(22)19(28(4)5)21(32)17(24(26)34)25(27)35/h7-8,10,14,16-19,22,29,36H,6H2,1-5H3,(H2,27,35). The number of aromatic hydroxyl groups is 1. The van der Waals surface area contributed by atoms with Crippen LogP contribution in [-0.2, 0) is 28.7 Å². The molecule has 0 bridgehead atoms. The van der Waals surface area contributed by atoms with Crippen molar-refractivity contribution < 1.29 is 43.7 Å². The highest BCUT2D eigenvalue weighted by Crippen LogP contribution is 2.55. The lowest BCUT2D eigenvalue weighted by Crippen LogP contribution is -2.78. The third kappa shape index (κ3) is 3.47. The van der Waals surface area contributed by atoms with Crippen LogP contribution in [0.4, 0.5) is 0 Å². The monoisotopic (exact) mass is 514 g/mol. The molecule has 1 amide bonds. The number of phenols is 1. The average Bonchev–Trinajstić information content (AvgIpc) is 2.81. The number of aliphatic hydroxyl groups is 1. The van der Waals surface area contributed by atoms with Crippen LogP contribution in [0.5, 0.6) is 5.75 Å². The molecule has 2 fully saturated rings. The Bertz CT molecular complexity index is 1250. The molecule has 0 radical (unpaired) electrons. The molecule has 4 N–H and O–H groups in total. The van der Waals surface area contributed by atoms with Gasteiger partial charge in [-0.05, 0) is 44.1 Å². The van der Waals surface area contributed by atoms with Gasteiger partial charge >= 0.3 is 5.97 Å². The van der Waals surface area contributed by atoms with Crippen molar-refractivity contribution in [2.24, 2.45) is 29.4 Å². The molecule has 2 saturated carbocycles. The molecule has 11 nitrogen and oxygen atoms in total. The molecule has 1 aromatic carbocycles. The summed E-state index contributed by atoms with van der Waals surface area (Å²) in [4.78, 5) is 80.9. The third-order valence-electron chi connectivity index (χ3n) is 8.21. The van der Waals surface area contributed by atoms with Gasteiger partial charge in [-0.15, -0.1) is 0 Å². The number of nitrogens with two attached hydrogens (primary N) is 1. The van der Waals surface area contributed by atoms with Crippen LogP contribution in [0.2, 0.25) is 0 Å². The number of carbonyl (C=O) groups excluding carboxylic acids is 6. The van der Waals surface area contributed by atoms with Crippen molar-refractivity contribution in [2.75, 3.05) is 14.1 Å². The number of esters is 1. The smallest absolute Gasteiger partial charge is 0.305 e. The fourth-order valence-corrected chi connectivity index (χ4v) is 6.64. The number of fused-ring (bicyclic) bond motifs is 3. The van der Waals surface area contributed by atoms with E-state index in [2.05, 4.69) is 0 Å². The number of likely N-dealkylation sites (N-methyl/N-ethyl adjacent to an activating group) is 1. The maximum absolute atomic E-state index is 14.0. The zero-order valence-electron chi connectivity index (χ0n) is 21.2. The normalized spacial score (nSPS) is 35.1. The van der Waals surface area contributed by atoms with E-state index in [9.17, 15) is 39.0 Å². The maximum atomic E-state index is 14.0. The lowest BCUT2D eigenvalue weighted by atomic mass is 9.49. The number of primary amides is 1. The summed E-state index contributed by atoms with van der Waals surface area (Å²) in [6.45, 7) is 4.95. The van der Waals surface area contributed by atoms with E-state index in [1.807, 2.05) is 0 Å². The molecule has 1 aromatic rings. The third-order valence-corrected chi connectivity index (χ3v) is 8.21. The number of Topliss-reactive ketones (excluding diaryl/α,β-unsaturated/α-hetero) is 4. The number of carbonyl (C=O) groups is 6. The van der Waals surface area contributed by atoms with Crippen molar-refractivity contribution in [1.82, 2.24) is 4.90 Å². The van der Waals surface area contributed by atoms with E-state index >= 15 is 0 Å². The van der Waals surface area contributed by atoms with Gasteiger partial charge in [-0.3, -0.25) is 33.7 Å². The van der Waals surface area contributed by atoms with Crippen LogP contribution in [0.25, 0.3) is 0 Å².